The van der Waals surface area contributed by atoms with Gasteiger partial charge in [0.1, 0.15) is 11.4 Å². The van der Waals surface area contributed by atoms with Gasteiger partial charge in [-0.2, -0.15) is 0 Å². The van der Waals surface area contributed by atoms with Gasteiger partial charge < -0.3 is 5.11 Å². The zero-order valence-electron chi connectivity index (χ0n) is 21.8. The summed E-state index contributed by atoms with van der Waals surface area (Å²) in [5, 5.41) is 13.1. The molecule has 6 heteroatoms. The van der Waals surface area contributed by atoms with Crippen molar-refractivity contribution in [1.29, 1.82) is 0 Å². The smallest absolute Gasteiger partial charge is 0.198 e. The van der Waals surface area contributed by atoms with Crippen LogP contribution in [-0.4, -0.2) is 28.2 Å². The molecular weight excluding hydrogens is 519 g/mol. The first-order valence-electron chi connectivity index (χ1n) is 13.1. The van der Waals surface area contributed by atoms with Crippen LogP contribution in [0.4, 0.5) is 4.39 Å². The van der Waals surface area contributed by atoms with Crippen LogP contribution in [0, 0.1) is 18.2 Å². The van der Waals surface area contributed by atoms with Gasteiger partial charge in [-0.25, -0.2) is 4.39 Å². The molecule has 0 bridgehead atoms. The SMILES string of the molecule is Cc1ccc([C@]2(O)C(=C3C(=O)c4ccccc4C3=O)C=C(c3ccc(F)cc3)C23C(=O)c2ccccc2C3=O)cc1. The molecule has 3 aliphatic rings. The number of hydrogen-bond donors (Lipinski definition) is 1. The standard InChI is InChI=1S/C35H21FO5/c1-19-10-14-21(15-11-19)35(41)28(29-30(37)23-6-2-3-7-24(23)31(29)38)18-27(20-12-16-22(36)17-13-20)34(35)32(39)25-8-4-5-9-26(25)33(34)40/h2-18,41H,1H3/t35-/m0/s1. The number of carbonyl (C=O) groups is 4. The van der Waals surface area contributed by atoms with Crippen molar-refractivity contribution in [2.75, 3.05) is 0 Å². The van der Waals surface area contributed by atoms with Crippen molar-refractivity contribution in [3.05, 3.63) is 159 Å². The molecule has 0 unspecified atom stereocenters. The van der Waals surface area contributed by atoms with Gasteiger partial charge in [0.05, 0.1) is 5.57 Å². The van der Waals surface area contributed by atoms with E-state index in [1.165, 1.54) is 54.6 Å². The van der Waals surface area contributed by atoms with Gasteiger partial charge in [-0.3, -0.25) is 19.2 Å². The Hall–Kier alpha value is -5.07. The molecule has 0 aromatic heterocycles. The number of allylic oxidation sites excluding steroid dienone is 1. The Bertz CT molecular complexity index is 1860. The third kappa shape index (κ3) is 3.02. The fourth-order valence-electron chi connectivity index (χ4n) is 6.56. The van der Waals surface area contributed by atoms with E-state index in [1.807, 2.05) is 6.92 Å². The second kappa shape index (κ2) is 8.46. The minimum Gasteiger partial charge on any atom is -0.378 e. The predicted molar refractivity (Wildman–Crippen MR) is 149 cm³/mol. The number of Topliss-reactive ketones (excluding diaryl/α,β-unsaturated/α-hetero) is 4. The molecule has 0 radical (unpaired) electrons. The highest BCUT2D eigenvalue weighted by Gasteiger charge is 2.72. The van der Waals surface area contributed by atoms with Crippen LogP contribution in [-0.2, 0) is 5.60 Å². The summed E-state index contributed by atoms with van der Waals surface area (Å²) >= 11 is 0. The van der Waals surface area contributed by atoms with Crippen molar-refractivity contribution in [1.82, 2.24) is 0 Å². The van der Waals surface area contributed by atoms with E-state index >= 15 is 0 Å². The topological polar surface area (TPSA) is 88.5 Å². The molecule has 0 saturated heterocycles. The van der Waals surface area contributed by atoms with Gasteiger partial charge >= 0.3 is 0 Å². The molecule has 1 atom stereocenters. The Labute approximate surface area is 234 Å². The van der Waals surface area contributed by atoms with Gasteiger partial charge in [-0.15, -0.1) is 0 Å². The van der Waals surface area contributed by atoms with Crippen LogP contribution in [0.5, 0.6) is 0 Å². The number of halogens is 1. The quantitative estimate of drug-likeness (QED) is 0.196. The lowest BCUT2D eigenvalue weighted by atomic mass is 9.61. The lowest BCUT2D eigenvalue weighted by Crippen LogP contribution is -2.52. The van der Waals surface area contributed by atoms with Gasteiger partial charge in [-0.1, -0.05) is 90.5 Å². The van der Waals surface area contributed by atoms with Crippen LogP contribution in [0.25, 0.3) is 5.57 Å². The fourth-order valence-corrected chi connectivity index (χ4v) is 6.56. The Kier molecular flexibility index (Phi) is 5.15. The van der Waals surface area contributed by atoms with Crippen LogP contribution in [0.1, 0.15) is 58.1 Å². The highest BCUT2D eigenvalue weighted by molar-refractivity contribution is 6.42. The summed E-state index contributed by atoms with van der Waals surface area (Å²) < 4.78 is 14.0. The van der Waals surface area contributed by atoms with Crippen molar-refractivity contribution in [2.45, 2.75) is 12.5 Å². The first-order chi connectivity index (χ1) is 19.7. The lowest BCUT2D eigenvalue weighted by Gasteiger charge is -2.40. The van der Waals surface area contributed by atoms with E-state index in [4.69, 9.17) is 0 Å². The van der Waals surface area contributed by atoms with Crippen molar-refractivity contribution < 1.29 is 28.7 Å². The molecule has 0 saturated carbocycles. The molecular formula is C35H21FO5. The number of rotatable bonds is 2. The van der Waals surface area contributed by atoms with Gasteiger partial charge in [0.25, 0.3) is 0 Å². The van der Waals surface area contributed by atoms with E-state index in [0.29, 0.717) is 5.56 Å². The third-order valence-corrected chi connectivity index (χ3v) is 8.49. The summed E-state index contributed by atoms with van der Waals surface area (Å²) in [4.78, 5) is 56.8. The second-order valence-electron chi connectivity index (χ2n) is 10.6. The third-order valence-electron chi connectivity index (χ3n) is 8.49. The summed E-state index contributed by atoms with van der Waals surface area (Å²) in [7, 11) is 0. The van der Waals surface area contributed by atoms with Gasteiger partial charge in [0.15, 0.2) is 28.5 Å². The number of aryl methyl sites for hydroxylation is 1. The first-order valence-corrected chi connectivity index (χ1v) is 13.1. The Balaban J connectivity index is 1.64. The van der Waals surface area contributed by atoms with Crippen molar-refractivity contribution >= 4 is 28.7 Å². The summed E-state index contributed by atoms with van der Waals surface area (Å²) in [5.41, 5.74) is -3.14. The monoisotopic (exact) mass is 540 g/mol. The maximum absolute atomic E-state index is 14.6. The van der Waals surface area contributed by atoms with Gasteiger partial charge in [0.2, 0.25) is 0 Å². The maximum atomic E-state index is 14.6. The summed E-state index contributed by atoms with van der Waals surface area (Å²) in [5.74, 6) is -3.06. The Morgan fingerprint density at radius 1 is 0.634 bits per heavy atom. The van der Waals surface area contributed by atoms with Crippen LogP contribution in [0.15, 0.2) is 114 Å². The molecule has 4 aromatic carbocycles. The Morgan fingerprint density at radius 3 is 1.63 bits per heavy atom. The van der Waals surface area contributed by atoms with E-state index < -0.39 is 40.0 Å². The molecule has 0 aliphatic heterocycles. The molecule has 5 nitrogen and oxygen atoms in total. The minimum absolute atomic E-state index is 0.0887. The summed E-state index contributed by atoms with van der Waals surface area (Å²) in [6.45, 7) is 1.85. The molecule has 4 aromatic rings. The number of fused-ring (bicyclic) bond motifs is 2. The maximum Gasteiger partial charge on any atom is 0.198 e. The average Bonchev–Trinajstić information content (AvgIpc) is 3.50. The lowest BCUT2D eigenvalue weighted by molar-refractivity contribution is 0.00252. The number of aliphatic hydroxyl groups is 1. The van der Waals surface area contributed by atoms with Gasteiger partial charge in [-0.05, 0) is 41.8 Å². The summed E-state index contributed by atoms with van der Waals surface area (Å²) in [6.07, 6.45) is 1.41. The Morgan fingerprint density at radius 2 is 1.12 bits per heavy atom. The molecule has 1 N–H and O–H groups in total. The predicted octanol–water partition coefficient (Wildman–Crippen LogP) is 5.86. The van der Waals surface area contributed by atoms with Crippen LogP contribution in [0.3, 0.4) is 0 Å². The molecule has 198 valence electrons. The molecule has 0 fully saturated rings. The first kappa shape index (κ1) is 24.9. The summed E-state index contributed by atoms with van der Waals surface area (Å²) in [6, 6.07) is 24.5. The fraction of sp³-hybridized carbons (Fsp3) is 0.0857. The number of ketones is 4. The normalized spacial score (nSPS) is 20.6. The second-order valence-corrected chi connectivity index (χ2v) is 10.6. The molecule has 1 spiro atoms. The number of benzene rings is 4. The van der Waals surface area contributed by atoms with E-state index in [-0.39, 0.29) is 44.5 Å². The molecule has 0 amide bonds. The average molecular weight is 541 g/mol. The number of hydrogen-bond acceptors (Lipinski definition) is 5. The highest BCUT2D eigenvalue weighted by Crippen LogP contribution is 2.65. The van der Waals surface area contributed by atoms with E-state index in [2.05, 4.69) is 0 Å². The van der Waals surface area contributed by atoms with E-state index in [0.717, 1.165) is 5.56 Å². The molecule has 7 rings (SSSR count). The minimum atomic E-state index is -2.44. The largest absolute Gasteiger partial charge is 0.378 e. The van der Waals surface area contributed by atoms with E-state index in [9.17, 15) is 28.7 Å². The van der Waals surface area contributed by atoms with E-state index in [1.54, 1.807) is 48.5 Å². The number of carbonyl (C=O) groups excluding carboxylic acids is 4. The van der Waals surface area contributed by atoms with Crippen molar-refractivity contribution in [2.24, 2.45) is 5.41 Å². The molecule has 3 aliphatic carbocycles. The van der Waals surface area contributed by atoms with Crippen LogP contribution < -0.4 is 0 Å². The van der Waals surface area contributed by atoms with Gasteiger partial charge in [0, 0.05) is 27.8 Å². The highest BCUT2D eigenvalue weighted by atomic mass is 19.1. The van der Waals surface area contributed by atoms with Crippen LogP contribution >= 0.6 is 0 Å². The van der Waals surface area contributed by atoms with Crippen molar-refractivity contribution in [3.8, 4) is 0 Å². The molecule has 0 heterocycles. The zero-order valence-corrected chi connectivity index (χ0v) is 21.8. The van der Waals surface area contributed by atoms with Crippen LogP contribution in [0.2, 0.25) is 0 Å². The van der Waals surface area contributed by atoms with Crippen molar-refractivity contribution in [3.63, 3.8) is 0 Å². The molecule has 41 heavy (non-hydrogen) atoms. The zero-order chi connectivity index (χ0) is 28.7.